The molecule has 1 aliphatic rings. The zero-order chi connectivity index (χ0) is 32.2. The summed E-state index contributed by atoms with van der Waals surface area (Å²) in [6, 6.07) is 59.1. The molecule has 0 saturated heterocycles. The van der Waals surface area contributed by atoms with Crippen LogP contribution in [-0.4, -0.2) is 8.80 Å². The third kappa shape index (κ3) is 2.83. The molecule has 50 heavy (non-hydrogen) atoms. The maximum Gasteiger partial charge on any atom is 0.0642 e. The van der Waals surface area contributed by atoms with E-state index in [1.807, 2.05) is 0 Å². The summed E-state index contributed by atoms with van der Waals surface area (Å²) in [5, 5.41) is 10.5. The summed E-state index contributed by atoms with van der Waals surface area (Å²) < 4.78 is 5.11. The van der Waals surface area contributed by atoms with Crippen molar-refractivity contribution >= 4 is 76.2 Å². The van der Waals surface area contributed by atoms with Gasteiger partial charge >= 0.3 is 0 Å². The van der Waals surface area contributed by atoms with Gasteiger partial charge in [0.05, 0.1) is 33.1 Å². The van der Waals surface area contributed by atoms with E-state index in [4.69, 9.17) is 0 Å². The lowest BCUT2D eigenvalue weighted by Gasteiger charge is -2.23. The van der Waals surface area contributed by atoms with Gasteiger partial charge in [0.15, 0.2) is 0 Å². The van der Waals surface area contributed by atoms with Crippen molar-refractivity contribution < 1.29 is 0 Å². The predicted molar refractivity (Wildman–Crippen MR) is 211 cm³/mol. The van der Waals surface area contributed by atoms with E-state index in [9.17, 15) is 0 Å². The summed E-state index contributed by atoms with van der Waals surface area (Å²) in [6.07, 6.45) is 0. The first-order valence-corrected chi connectivity index (χ1v) is 17.5. The first-order valence-electron chi connectivity index (χ1n) is 17.5. The number of para-hydroxylation sites is 3. The Hall–Kier alpha value is -6.64. The molecule has 0 amide bonds. The Morgan fingerprint density at radius 2 is 0.680 bits per heavy atom. The molecule has 0 atom stereocenters. The minimum atomic E-state index is 1.25. The highest BCUT2D eigenvalue weighted by Gasteiger charge is 2.28. The first kappa shape index (κ1) is 25.4. The molecule has 4 heterocycles. The summed E-state index contributed by atoms with van der Waals surface area (Å²) in [5.41, 5.74) is 17.9. The molecule has 1 aliphatic carbocycles. The molecule has 0 fully saturated rings. The Balaban J connectivity index is 1.29. The Kier molecular flexibility index (Phi) is 4.41. The topological polar surface area (TPSA) is 8.82 Å². The molecule has 2 heteroatoms. The van der Waals surface area contributed by atoms with Crippen LogP contribution in [0, 0.1) is 0 Å². The highest BCUT2D eigenvalue weighted by molar-refractivity contribution is 6.36. The van der Waals surface area contributed by atoms with Crippen molar-refractivity contribution in [1.29, 1.82) is 0 Å². The van der Waals surface area contributed by atoms with Crippen LogP contribution in [0.25, 0.3) is 121 Å². The van der Waals surface area contributed by atoms with Crippen LogP contribution in [0.2, 0.25) is 0 Å². The summed E-state index contributed by atoms with van der Waals surface area (Å²) in [7, 11) is 0. The van der Waals surface area contributed by atoms with Gasteiger partial charge in [0.2, 0.25) is 0 Å². The van der Waals surface area contributed by atoms with E-state index in [1.54, 1.807) is 0 Å². The first-order chi connectivity index (χ1) is 24.8. The van der Waals surface area contributed by atoms with E-state index in [-0.39, 0.29) is 0 Å². The van der Waals surface area contributed by atoms with Crippen LogP contribution < -0.4 is 0 Å². The number of rotatable bonds is 0. The monoisotopic (exact) mass is 630 g/mol. The van der Waals surface area contributed by atoms with E-state index in [0.717, 1.165) is 0 Å². The normalized spacial score (nSPS) is 12.8. The lowest BCUT2D eigenvalue weighted by Crippen LogP contribution is -1.97. The second-order valence-electron chi connectivity index (χ2n) is 14.0. The summed E-state index contributed by atoms with van der Waals surface area (Å²) in [5.74, 6) is 0. The van der Waals surface area contributed by atoms with Gasteiger partial charge in [0.1, 0.15) is 0 Å². The van der Waals surface area contributed by atoms with Gasteiger partial charge in [-0.25, -0.2) is 0 Å². The van der Waals surface area contributed by atoms with Crippen molar-refractivity contribution in [3.05, 3.63) is 158 Å². The molecule has 0 aliphatic heterocycles. The van der Waals surface area contributed by atoms with Gasteiger partial charge in [-0.05, 0) is 74.8 Å². The standard InChI is InChI=1S/C48H26N2/c1-2-13-28-27(12-1)29-14-3-5-16-31(29)37-24-39-41-25-40-35-21-11-20-34-33-18-7-9-22-42(33)50(46(34)35)48(40)45-36-19-8-10-23-43(36)49(47(41)45)44(39)26-38(37)32-17-6-4-15-30(28)32/h1-26H. The van der Waals surface area contributed by atoms with Crippen molar-refractivity contribution in [3.63, 3.8) is 0 Å². The number of hydrogen-bond acceptors (Lipinski definition) is 0. The van der Waals surface area contributed by atoms with E-state index in [2.05, 4.69) is 167 Å². The van der Waals surface area contributed by atoms with Crippen molar-refractivity contribution in [2.24, 2.45) is 0 Å². The summed E-state index contributed by atoms with van der Waals surface area (Å²) >= 11 is 0. The molecule has 13 rings (SSSR count). The molecular formula is C48H26N2. The molecule has 4 aromatic heterocycles. The van der Waals surface area contributed by atoms with E-state index in [1.165, 1.54) is 121 Å². The van der Waals surface area contributed by atoms with Gasteiger partial charge in [-0.2, -0.15) is 0 Å². The fourth-order valence-corrected chi connectivity index (χ4v) is 9.80. The number of fused-ring (bicyclic) bond motifs is 21. The average Bonchev–Trinajstić information content (AvgIpc) is 3.90. The van der Waals surface area contributed by atoms with Crippen LogP contribution >= 0.6 is 0 Å². The fraction of sp³-hybridized carbons (Fsp3) is 0. The van der Waals surface area contributed by atoms with Crippen LogP contribution in [0.4, 0.5) is 0 Å². The average molecular weight is 631 g/mol. The highest BCUT2D eigenvalue weighted by atomic mass is 14.9. The van der Waals surface area contributed by atoms with Crippen molar-refractivity contribution in [1.82, 2.24) is 8.80 Å². The predicted octanol–water partition coefficient (Wildman–Crippen LogP) is 13.0. The molecule has 0 radical (unpaired) electrons. The zero-order valence-electron chi connectivity index (χ0n) is 26.9. The molecular weight excluding hydrogens is 605 g/mol. The number of aromatic nitrogens is 2. The van der Waals surface area contributed by atoms with Gasteiger partial charge in [0, 0.05) is 43.1 Å². The Morgan fingerprint density at radius 3 is 1.32 bits per heavy atom. The smallest absolute Gasteiger partial charge is 0.0642 e. The third-order valence-corrected chi connectivity index (χ3v) is 11.7. The van der Waals surface area contributed by atoms with Gasteiger partial charge in [-0.1, -0.05) is 127 Å². The highest BCUT2D eigenvalue weighted by Crippen LogP contribution is 2.52. The molecule has 12 aromatic rings. The second kappa shape index (κ2) is 8.68. The number of benzene rings is 8. The molecule has 0 saturated carbocycles. The number of nitrogens with zero attached hydrogens (tertiary/aromatic N) is 2. The van der Waals surface area contributed by atoms with Crippen molar-refractivity contribution in [2.45, 2.75) is 0 Å². The van der Waals surface area contributed by atoms with Gasteiger partial charge < -0.3 is 8.80 Å². The molecule has 8 aromatic carbocycles. The van der Waals surface area contributed by atoms with E-state index < -0.39 is 0 Å². The second-order valence-corrected chi connectivity index (χ2v) is 14.0. The number of hydrogen-bond donors (Lipinski definition) is 0. The molecule has 2 nitrogen and oxygen atoms in total. The maximum atomic E-state index is 2.56. The van der Waals surface area contributed by atoms with E-state index in [0.29, 0.717) is 0 Å². The van der Waals surface area contributed by atoms with Gasteiger partial charge in [-0.3, -0.25) is 0 Å². The summed E-state index contributed by atoms with van der Waals surface area (Å²) in [6.45, 7) is 0. The summed E-state index contributed by atoms with van der Waals surface area (Å²) in [4.78, 5) is 0. The van der Waals surface area contributed by atoms with Crippen LogP contribution in [0.3, 0.4) is 0 Å². The Morgan fingerprint density at radius 1 is 0.240 bits per heavy atom. The van der Waals surface area contributed by atoms with Crippen LogP contribution in [0.15, 0.2) is 158 Å². The molecule has 0 bridgehead atoms. The van der Waals surface area contributed by atoms with Crippen LogP contribution in [0.5, 0.6) is 0 Å². The van der Waals surface area contributed by atoms with Gasteiger partial charge in [-0.15, -0.1) is 0 Å². The fourth-order valence-electron chi connectivity index (χ4n) is 9.80. The Labute approximate surface area is 286 Å². The van der Waals surface area contributed by atoms with Crippen molar-refractivity contribution in [2.75, 3.05) is 0 Å². The lowest BCUT2D eigenvalue weighted by atomic mass is 9.80. The molecule has 0 unspecified atom stereocenters. The van der Waals surface area contributed by atoms with Crippen LogP contribution in [0.1, 0.15) is 0 Å². The van der Waals surface area contributed by atoms with Gasteiger partial charge in [0.25, 0.3) is 0 Å². The quantitative estimate of drug-likeness (QED) is 0.158. The minimum Gasteiger partial charge on any atom is -0.308 e. The van der Waals surface area contributed by atoms with Crippen LogP contribution in [-0.2, 0) is 0 Å². The lowest BCUT2D eigenvalue weighted by molar-refractivity contribution is 1.36. The maximum absolute atomic E-state index is 2.56. The largest absolute Gasteiger partial charge is 0.308 e. The molecule has 0 spiro atoms. The molecule has 0 N–H and O–H groups in total. The Bertz CT molecular complexity index is 3430. The third-order valence-electron chi connectivity index (χ3n) is 11.7. The van der Waals surface area contributed by atoms with Crippen molar-refractivity contribution in [3.8, 4) is 44.5 Å². The SMILES string of the molecule is c1ccc2c(c1)-c1ccccc1-c1cc3c4cc5c6cccc7c8ccccc8n(c76)c5c5c6ccccc6n(c3cc1-c1ccccc1-2)c45. The minimum absolute atomic E-state index is 1.25. The van der Waals surface area contributed by atoms with E-state index >= 15 is 0 Å². The zero-order valence-corrected chi connectivity index (χ0v) is 26.9. The molecule has 228 valence electrons.